The van der Waals surface area contributed by atoms with Crippen LogP contribution in [0.5, 0.6) is 0 Å². The number of aromatic nitrogens is 6. The number of carbonyl (C=O) groups excluding carboxylic acids is 2. The van der Waals surface area contributed by atoms with Crippen LogP contribution in [0.4, 0.5) is 4.39 Å². The quantitative estimate of drug-likeness (QED) is 0.386. The number of imidazole rings is 1. The molecule has 0 aliphatic carbocycles. The molecule has 5 aromatic rings. The fourth-order valence-electron chi connectivity index (χ4n) is 4.71. The van der Waals surface area contributed by atoms with E-state index in [0.717, 1.165) is 18.5 Å². The summed E-state index contributed by atoms with van der Waals surface area (Å²) in [5.41, 5.74) is 2.57. The van der Waals surface area contributed by atoms with E-state index in [2.05, 4.69) is 20.4 Å². The van der Waals surface area contributed by atoms with Crippen molar-refractivity contribution in [3.63, 3.8) is 0 Å². The number of halogens is 1. The highest BCUT2D eigenvalue weighted by Crippen LogP contribution is 2.37. The van der Waals surface area contributed by atoms with Crippen LogP contribution in [0.1, 0.15) is 17.7 Å². The fraction of sp³-hybridized carbons (Fsp3) is 0.160. The molecule has 0 radical (unpaired) electrons. The van der Waals surface area contributed by atoms with Gasteiger partial charge in [0.05, 0.1) is 17.5 Å². The van der Waals surface area contributed by atoms with Gasteiger partial charge in [-0.05, 0) is 36.8 Å². The maximum atomic E-state index is 14.3. The van der Waals surface area contributed by atoms with Crippen molar-refractivity contribution in [1.29, 1.82) is 0 Å². The monoisotopic (exact) mass is 469 g/mol. The number of nitrogens with one attached hydrogen (secondary N) is 1. The number of carbonyl (C=O) groups is 2. The maximum absolute atomic E-state index is 14.3. The van der Waals surface area contributed by atoms with Crippen molar-refractivity contribution in [3.05, 3.63) is 78.5 Å². The predicted molar refractivity (Wildman–Crippen MR) is 127 cm³/mol. The molecule has 5 heterocycles. The zero-order chi connectivity index (χ0) is 24.1. The summed E-state index contributed by atoms with van der Waals surface area (Å²) >= 11 is 0. The highest BCUT2D eigenvalue weighted by atomic mass is 19.1. The first-order chi connectivity index (χ1) is 17.0. The number of benzene rings is 1. The molecule has 0 atom stereocenters. The van der Waals surface area contributed by atoms with Crippen molar-refractivity contribution in [2.24, 2.45) is 7.05 Å². The number of rotatable bonds is 6. The highest BCUT2D eigenvalue weighted by Gasteiger charge is 2.36. The van der Waals surface area contributed by atoms with Gasteiger partial charge in [-0.25, -0.2) is 19.0 Å². The van der Waals surface area contributed by atoms with E-state index in [4.69, 9.17) is 0 Å². The number of hydrogen-bond acceptors (Lipinski definition) is 5. The Bertz CT molecular complexity index is 1660. The highest BCUT2D eigenvalue weighted by molar-refractivity contribution is 6.50. The molecule has 0 saturated carbocycles. The zero-order valence-electron chi connectivity index (χ0n) is 18.8. The number of imide groups is 1. The Balaban J connectivity index is 1.52. The third-order valence-corrected chi connectivity index (χ3v) is 6.25. The maximum Gasteiger partial charge on any atom is 0.261 e. The molecule has 0 unspecified atom stereocenters. The van der Waals surface area contributed by atoms with Crippen LogP contribution in [0.25, 0.3) is 33.1 Å². The Morgan fingerprint density at radius 1 is 1.03 bits per heavy atom. The van der Waals surface area contributed by atoms with Crippen molar-refractivity contribution in [2.45, 2.75) is 19.5 Å². The summed E-state index contributed by atoms with van der Waals surface area (Å²) in [6.45, 7) is 1.39. The van der Waals surface area contributed by atoms with Crippen molar-refractivity contribution >= 4 is 44.9 Å². The lowest BCUT2D eigenvalue weighted by molar-refractivity contribution is -0.122. The molecule has 1 N–H and O–H groups in total. The van der Waals surface area contributed by atoms with Crippen LogP contribution >= 0.6 is 0 Å². The second kappa shape index (κ2) is 8.01. The molecular formula is C25H20FN7O2. The van der Waals surface area contributed by atoms with E-state index in [1.165, 1.54) is 12.1 Å². The Labute approximate surface area is 198 Å². The number of hydrogen-bond donors (Lipinski definition) is 1. The predicted octanol–water partition coefficient (Wildman–Crippen LogP) is 2.92. The van der Waals surface area contributed by atoms with Crippen molar-refractivity contribution in [1.82, 2.24) is 34.2 Å². The number of pyridine rings is 1. The molecule has 6 rings (SSSR count). The summed E-state index contributed by atoms with van der Waals surface area (Å²) in [6.07, 6.45) is 9.63. The Kier molecular flexibility index (Phi) is 4.80. The third kappa shape index (κ3) is 3.41. The molecule has 2 amide bonds. The van der Waals surface area contributed by atoms with Gasteiger partial charge in [0.2, 0.25) is 0 Å². The molecule has 4 aromatic heterocycles. The molecular weight excluding hydrogens is 449 g/mol. The van der Waals surface area contributed by atoms with Crippen LogP contribution in [0, 0.1) is 5.82 Å². The molecule has 0 spiro atoms. The van der Waals surface area contributed by atoms with Crippen LogP contribution in [0.2, 0.25) is 0 Å². The Morgan fingerprint density at radius 2 is 1.89 bits per heavy atom. The van der Waals surface area contributed by atoms with E-state index in [0.29, 0.717) is 34.2 Å². The first-order valence-electron chi connectivity index (χ1n) is 11.1. The van der Waals surface area contributed by atoms with Crippen LogP contribution in [-0.4, -0.2) is 40.7 Å². The van der Waals surface area contributed by atoms with Crippen LogP contribution in [0.15, 0.2) is 61.4 Å². The topological polar surface area (TPSA) is 99.6 Å². The standard InChI is InChI=1S/C25H20FN7O2/c1-31-23-16(4-2-7-28-23)22(30-31)21-20(24(34)29-25(21)35)18-13-33(10-3-9-32-11-8-27-14-32)19-6-5-15(26)12-17(18)19/h2,4-8,11-14H,3,9-10H2,1H3,(H,29,34,35). The Hall–Kier alpha value is -4.60. The molecule has 0 bridgehead atoms. The van der Waals surface area contributed by atoms with Crippen molar-refractivity contribution < 1.29 is 14.0 Å². The summed E-state index contributed by atoms with van der Waals surface area (Å²) < 4.78 is 19.9. The van der Waals surface area contributed by atoms with Gasteiger partial charge in [0, 0.05) is 66.8 Å². The number of amides is 2. The van der Waals surface area contributed by atoms with E-state index >= 15 is 0 Å². The Morgan fingerprint density at radius 3 is 2.71 bits per heavy atom. The molecule has 10 heteroatoms. The molecule has 174 valence electrons. The van der Waals surface area contributed by atoms with Gasteiger partial charge in [-0.2, -0.15) is 5.10 Å². The van der Waals surface area contributed by atoms with Crippen molar-refractivity contribution in [3.8, 4) is 0 Å². The first kappa shape index (κ1) is 21.0. The molecule has 35 heavy (non-hydrogen) atoms. The molecule has 9 nitrogen and oxygen atoms in total. The molecule has 0 saturated heterocycles. The van der Waals surface area contributed by atoms with Gasteiger partial charge in [-0.15, -0.1) is 0 Å². The minimum atomic E-state index is -0.536. The minimum Gasteiger partial charge on any atom is -0.347 e. The van der Waals surface area contributed by atoms with E-state index in [-0.39, 0.29) is 11.1 Å². The average Bonchev–Trinajstić information content (AvgIpc) is 3.61. The zero-order valence-corrected chi connectivity index (χ0v) is 18.8. The van der Waals surface area contributed by atoms with E-state index in [1.807, 2.05) is 27.6 Å². The summed E-state index contributed by atoms with van der Waals surface area (Å²) in [7, 11) is 1.73. The van der Waals surface area contributed by atoms with Gasteiger partial charge in [0.25, 0.3) is 11.8 Å². The van der Waals surface area contributed by atoms with Crippen LogP contribution in [0.3, 0.4) is 0 Å². The average molecular weight is 469 g/mol. The lowest BCUT2D eigenvalue weighted by Gasteiger charge is -2.06. The second-order valence-corrected chi connectivity index (χ2v) is 8.43. The molecule has 1 aliphatic rings. The summed E-state index contributed by atoms with van der Waals surface area (Å²) in [5.74, 6) is -1.49. The van der Waals surface area contributed by atoms with Gasteiger partial charge in [-0.1, -0.05) is 0 Å². The molecule has 0 fully saturated rings. The van der Waals surface area contributed by atoms with Gasteiger partial charge in [0.1, 0.15) is 11.5 Å². The lowest BCUT2D eigenvalue weighted by Crippen LogP contribution is -2.22. The normalized spacial score (nSPS) is 14.0. The smallest absolute Gasteiger partial charge is 0.261 e. The fourth-order valence-corrected chi connectivity index (χ4v) is 4.71. The third-order valence-electron chi connectivity index (χ3n) is 6.25. The van der Waals surface area contributed by atoms with Crippen LogP contribution in [-0.2, 0) is 29.7 Å². The van der Waals surface area contributed by atoms with Crippen molar-refractivity contribution in [2.75, 3.05) is 0 Å². The van der Waals surface area contributed by atoms with Gasteiger partial charge < -0.3 is 9.13 Å². The van der Waals surface area contributed by atoms with Gasteiger partial charge >= 0.3 is 0 Å². The summed E-state index contributed by atoms with van der Waals surface area (Å²) in [4.78, 5) is 34.4. The number of aryl methyl sites for hydroxylation is 3. The first-order valence-corrected chi connectivity index (χ1v) is 11.1. The summed E-state index contributed by atoms with van der Waals surface area (Å²) in [5, 5.41) is 8.13. The minimum absolute atomic E-state index is 0.162. The number of fused-ring (bicyclic) bond motifs is 2. The van der Waals surface area contributed by atoms with Crippen LogP contribution < -0.4 is 5.32 Å². The number of nitrogens with zero attached hydrogens (tertiary/aromatic N) is 6. The SMILES string of the molecule is Cn1nc(C2=C(c3cn(CCCn4ccnc4)c4ccc(F)cc34)C(=O)NC2=O)c2cccnc21. The second-order valence-electron chi connectivity index (χ2n) is 8.43. The summed E-state index contributed by atoms with van der Waals surface area (Å²) in [6, 6.07) is 8.05. The lowest BCUT2D eigenvalue weighted by atomic mass is 9.98. The largest absolute Gasteiger partial charge is 0.347 e. The van der Waals surface area contributed by atoms with Gasteiger partial charge in [0.15, 0.2) is 5.65 Å². The van der Waals surface area contributed by atoms with E-state index in [9.17, 15) is 14.0 Å². The van der Waals surface area contributed by atoms with E-state index in [1.54, 1.807) is 42.6 Å². The van der Waals surface area contributed by atoms with Gasteiger partial charge in [-0.3, -0.25) is 14.9 Å². The van der Waals surface area contributed by atoms with E-state index < -0.39 is 17.6 Å². The molecule has 1 aromatic carbocycles. The molecule has 1 aliphatic heterocycles.